The van der Waals surface area contributed by atoms with Crippen molar-refractivity contribution in [3.63, 3.8) is 0 Å². The first-order valence-corrected chi connectivity index (χ1v) is 10.8. The van der Waals surface area contributed by atoms with Gasteiger partial charge in [-0.2, -0.15) is 0 Å². The van der Waals surface area contributed by atoms with Crippen molar-refractivity contribution in [3.8, 4) is 0 Å². The van der Waals surface area contributed by atoms with Gasteiger partial charge in [0.2, 0.25) is 0 Å². The third kappa shape index (κ3) is 4.30. The quantitative estimate of drug-likeness (QED) is 0.818. The largest absolute Gasteiger partial charge is 0.224 e. The Hall–Kier alpha value is -1.45. The lowest BCUT2D eigenvalue weighted by molar-refractivity contribution is 0.506. The third-order valence-electron chi connectivity index (χ3n) is 2.86. The number of halogens is 2. The number of sulfone groups is 2. The van der Waals surface area contributed by atoms with E-state index in [9.17, 15) is 25.6 Å². The van der Waals surface area contributed by atoms with Crippen molar-refractivity contribution in [2.45, 2.75) is 19.6 Å². The highest BCUT2D eigenvalue weighted by atomic mass is 32.2. The molecule has 0 radical (unpaired) electrons. The summed E-state index contributed by atoms with van der Waals surface area (Å²) in [6, 6.07) is 6.84. The van der Waals surface area contributed by atoms with E-state index in [1.807, 2.05) is 0 Å². The summed E-state index contributed by atoms with van der Waals surface area (Å²) in [5.74, 6) is -2.06. The van der Waals surface area contributed by atoms with Crippen LogP contribution in [0.25, 0.3) is 0 Å². The van der Waals surface area contributed by atoms with Crippen LogP contribution < -0.4 is 0 Å². The first kappa shape index (κ1) is 17.9. The Morgan fingerprint density at radius 3 is 2.00 bits per heavy atom. The van der Waals surface area contributed by atoms with E-state index in [-0.39, 0.29) is 14.7 Å². The van der Waals surface area contributed by atoms with Crippen LogP contribution in [-0.4, -0.2) is 29.3 Å². The Balaban J connectivity index is 2.56. The minimum Gasteiger partial charge on any atom is -0.224 e. The standard InChI is InChI=1S/C14H12F2O4S3/c1-22(17,18)10-4-6-13(14(8-10)23(2,19)20)21-9-3-5-11(15)12(16)7-9/h3-8H,1-2H3. The van der Waals surface area contributed by atoms with Crippen molar-refractivity contribution in [1.82, 2.24) is 0 Å². The lowest BCUT2D eigenvalue weighted by Gasteiger charge is -2.10. The maximum atomic E-state index is 13.3. The summed E-state index contributed by atoms with van der Waals surface area (Å²) >= 11 is 0.903. The highest BCUT2D eigenvalue weighted by molar-refractivity contribution is 8.00. The van der Waals surface area contributed by atoms with Gasteiger partial charge in [0.25, 0.3) is 0 Å². The molecule has 23 heavy (non-hydrogen) atoms. The van der Waals surface area contributed by atoms with Crippen LogP contribution in [0, 0.1) is 11.6 Å². The van der Waals surface area contributed by atoms with Crippen molar-refractivity contribution in [3.05, 3.63) is 48.0 Å². The number of hydrogen-bond donors (Lipinski definition) is 0. The Bertz CT molecular complexity index is 968. The SMILES string of the molecule is CS(=O)(=O)c1ccc(Sc2ccc(F)c(F)c2)c(S(C)(=O)=O)c1. The van der Waals surface area contributed by atoms with E-state index in [1.54, 1.807) is 0 Å². The van der Waals surface area contributed by atoms with E-state index < -0.39 is 31.3 Å². The molecule has 2 aromatic carbocycles. The molecule has 0 saturated heterocycles. The van der Waals surface area contributed by atoms with Crippen LogP contribution in [0.5, 0.6) is 0 Å². The van der Waals surface area contributed by atoms with Crippen LogP contribution in [0.2, 0.25) is 0 Å². The van der Waals surface area contributed by atoms with Gasteiger partial charge in [-0.1, -0.05) is 11.8 Å². The molecule has 2 rings (SSSR count). The van der Waals surface area contributed by atoms with Gasteiger partial charge in [0.15, 0.2) is 31.3 Å². The van der Waals surface area contributed by atoms with Crippen LogP contribution in [-0.2, 0) is 19.7 Å². The van der Waals surface area contributed by atoms with E-state index in [0.29, 0.717) is 4.90 Å². The second-order valence-electron chi connectivity index (χ2n) is 4.83. The van der Waals surface area contributed by atoms with Crippen molar-refractivity contribution < 1.29 is 25.6 Å². The molecular formula is C14H12F2O4S3. The number of hydrogen-bond acceptors (Lipinski definition) is 5. The summed E-state index contributed by atoms with van der Waals surface area (Å²) in [6.07, 6.45) is 1.92. The van der Waals surface area contributed by atoms with E-state index in [4.69, 9.17) is 0 Å². The van der Waals surface area contributed by atoms with E-state index in [2.05, 4.69) is 0 Å². The van der Waals surface area contributed by atoms with E-state index in [0.717, 1.165) is 42.5 Å². The second-order valence-corrected chi connectivity index (χ2v) is 9.95. The van der Waals surface area contributed by atoms with Gasteiger partial charge < -0.3 is 0 Å². The van der Waals surface area contributed by atoms with Gasteiger partial charge in [0, 0.05) is 22.3 Å². The van der Waals surface area contributed by atoms with Gasteiger partial charge in [0.05, 0.1) is 9.79 Å². The zero-order valence-corrected chi connectivity index (χ0v) is 14.5. The highest BCUT2D eigenvalue weighted by Crippen LogP contribution is 2.34. The van der Waals surface area contributed by atoms with Crippen molar-refractivity contribution in [2.24, 2.45) is 0 Å². The average molecular weight is 378 g/mol. The second kappa shape index (κ2) is 6.21. The molecular weight excluding hydrogens is 366 g/mol. The number of rotatable bonds is 4. The molecule has 4 nitrogen and oxygen atoms in total. The Labute approximate surface area is 137 Å². The molecule has 0 N–H and O–H groups in total. The fourth-order valence-electron chi connectivity index (χ4n) is 1.76. The Morgan fingerprint density at radius 1 is 0.826 bits per heavy atom. The predicted molar refractivity (Wildman–Crippen MR) is 83.1 cm³/mol. The summed E-state index contributed by atoms with van der Waals surface area (Å²) in [6.45, 7) is 0. The van der Waals surface area contributed by atoms with Crippen LogP contribution in [0.4, 0.5) is 8.78 Å². The lowest BCUT2D eigenvalue weighted by atomic mass is 10.3. The molecule has 124 valence electrons. The summed E-state index contributed by atoms with van der Waals surface area (Å²) in [5, 5.41) is 0. The van der Waals surface area contributed by atoms with Gasteiger partial charge >= 0.3 is 0 Å². The summed E-state index contributed by atoms with van der Waals surface area (Å²) in [7, 11) is -7.28. The third-order valence-corrected chi connectivity index (χ3v) is 6.30. The molecule has 0 aliphatic carbocycles. The van der Waals surface area contributed by atoms with Crippen LogP contribution >= 0.6 is 11.8 Å². The smallest absolute Gasteiger partial charge is 0.176 e. The molecule has 9 heteroatoms. The Kier molecular flexibility index (Phi) is 4.84. The van der Waals surface area contributed by atoms with Gasteiger partial charge in [-0.3, -0.25) is 0 Å². The van der Waals surface area contributed by atoms with E-state index >= 15 is 0 Å². The van der Waals surface area contributed by atoms with Crippen LogP contribution in [0.15, 0.2) is 56.0 Å². The molecule has 0 bridgehead atoms. The molecule has 0 saturated carbocycles. The van der Waals surface area contributed by atoms with Crippen LogP contribution in [0.3, 0.4) is 0 Å². The van der Waals surface area contributed by atoms with Crippen molar-refractivity contribution in [1.29, 1.82) is 0 Å². The first-order valence-electron chi connectivity index (χ1n) is 6.15. The molecule has 0 fully saturated rings. The number of benzene rings is 2. The highest BCUT2D eigenvalue weighted by Gasteiger charge is 2.19. The van der Waals surface area contributed by atoms with Crippen LogP contribution in [0.1, 0.15) is 0 Å². The van der Waals surface area contributed by atoms with Gasteiger partial charge in [0.1, 0.15) is 0 Å². The molecule has 0 atom stereocenters. The van der Waals surface area contributed by atoms with Gasteiger partial charge in [-0.25, -0.2) is 25.6 Å². The fraction of sp³-hybridized carbons (Fsp3) is 0.143. The molecule has 0 aliphatic rings. The minimum absolute atomic E-state index is 0.132. The van der Waals surface area contributed by atoms with Gasteiger partial charge in [-0.05, 0) is 36.4 Å². The first-order chi connectivity index (χ1) is 10.5. The zero-order chi connectivity index (χ0) is 17.4. The monoisotopic (exact) mass is 378 g/mol. The summed E-state index contributed by atoms with van der Waals surface area (Å²) in [5.41, 5.74) is 0. The molecule has 0 unspecified atom stereocenters. The summed E-state index contributed by atoms with van der Waals surface area (Å²) < 4.78 is 73.1. The molecule has 0 aliphatic heterocycles. The predicted octanol–water partition coefficient (Wildman–Crippen LogP) is 2.92. The van der Waals surface area contributed by atoms with Crippen molar-refractivity contribution >= 4 is 31.4 Å². The molecule has 2 aromatic rings. The Morgan fingerprint density at radius 2 is 1.48 bits per heavy atom. The maximum absolute atomic E-state index is 13.3. The normalized spacial score (nSPS) is 12.3. The minimum atomic E-state index is -3.71. The lowest BCUT2D eigenvalue weighted by Crippen LogP contribution is -2.04. The maximum Gasteiger partial charge on any atom is 0.176 e. The summed E-state index contributed by atoms with van der Waals surface area (Å²) in [4.78, 5) is 0.203. The molecule has 0 amide bonds. The molecule has 0 spiro atoms. The zero-order valence-electron chi connectivity index (χ0n) is 12.1. The molecule has 0 heterocycles. The molecule has 0 aromatic heterocycles. The van der Waals surface area contributed by atoms with E-state index in [1.165, 1.54) is 18.2 Å². The fourth-order valence-corrected chi connectivity index (χ4v) is 4.68. The van der Waals surface area contributed by atoms with Crippen molar-refractivity contribution in [2.75, 3.05) is 12.5 Å². The average Bonchev–Trinajstić information content (AvgIpc) is 2.41. The topological polar surface area (TPSA) is 68.3 Å². The van der Waals surface area contributed by atoms with Gasteiger partial charge in [-0.15, -0.1) is 0 Å².